The summed E-state index contributed by atoms with van der Waals surface area (Å²) >= 11 is 0. The Bertz CT molecular complexity index is 477. The molecule has 0 aliphatic carbocycles. The van der Waals surface area contributed by atoms with Gasteiger partial charge in [-0.2, -0.15) is 0 Å². The van der Waals surface area contributed by atoms with Crippen LogP contribution in [0.5, 0.6) is 0 Å². The molecule has 0 aromatic heterocycles. The van der Waals surface area contributed by atoms with Crippen molar-refractivity contribution < 1.29 is 14.5 Å². The number of anilines is 1. The van der Waals surface area contributed by atoms with Crippen molar-refractivity contribution in [3.63, 3.8) is 0 Å². The number of methoxy groups -OCH3 is 1. The summed E-state index contributed by atoms with van der Waals surface area (Å²) in [7, 11) is 1.58. The van der Waals surface area contributed by atoms with Crippen LogP contribution >= 0.6 is 0 Å². The summed E-state index contributed by atoms with van der Waals surface area (Å²) < 4.78 is 4.84. The molecule has 20 heavy (non-hydrogen) atoms. The highest BCUT2D eigenvalue weighted by Crippen LogP contribution is 2.23. The average Bonchev–Trinajstić information content (AvgIpc) is 2.43. The predicted molar refractivity (Wildman–Crippen MR) is 75.8 cm³/mol. The molecule has 0 radical (unpaired) electrons. The van der Waals surface area contributed by atoms with Crippen LogP contribution in [-0.2, 0) is 16.0 Å². The second-order valence-corrected chi connectivity index (χ2v) is 4.17. The van der Waals surface area contributed by atoms with Crippen molar-refractivity contribution in [2.45, 2.75) is 13.3 Å². The van der Waals surface area contributed by atoms with E-state index in [1.807, 2.05) is 6.92 Å². The molecule has 1 aromatic carbocycles. The highest BCUT2D eigenvalue weighted by Gasteiger charge is 2.13. The van der Waals surface area contributed by atoms with Crippen molar-refractivity contribution in [1.29, 1.82) is 0 Å². The molecule has 0 aliphatic heterocycles. The number of nitro groups is 1. The molecule has 7 heteroatoms. The van der Waals surface area contributed by atoms with E-state index in [9.17, 15) is 14.9 Å². The van der Waals surface area contributed by atoms with Gasteiger partial charge in [0.15, 0.2) is 0 Å². The molecule has 0 unspecified atom stereocenters. The number of amides is 1. The highest BCUT2D eigenvalue weighted by molar-refractivity contribution is 5.92. The van der Waals surface area contributed by atoms with Crippen LogP contribution in [0.25, 0.3) is 0 Å². The fourth-order valence-electron chi connectivity index (χ4n) is 1.69. The third-order valence-electron chi connectivity index (χ3n) is 2.72. The highest BCUT2D eigenvalue weighted by atomic mass is 16.6. The Hall–Kier alpha value is -1.99. The molecule has 0 saturated carbocycles. The number of hydrogen-bond acceptors (Lipinski definition) is 5. The molecule has 0 fully saturated rings. The van der Waals surface area contributed by atoms with Gasteiger partial charge in [-0.25, -0.2) is 0 Å². The number of hydrogen-bond donors (Lipinski definition) is 2. The fourth-order valence-corrected chi connectivity index (χ4v) is 1.69. The standard InChI is InChI=1S/C13H19N3O4/c1-3-10-4-5-11(8-12(10)16(18)19)15-13(17)9-14-6-7-20-2/h4-5,8,14H,3,6-7,9H2,1-2H3,(H,15,17). The molecule has 1 rings (SSSR count). The van der Waals surface area contributed by atoms with Crippen LogP contribution < -0.4 is 10.6 Å². The second-order valence-electron chi connectivity index (χ2n) is 4.17. The zero-order valence-electron chi connectivity index (χ0n) is 11.6. The second kappa shape index (κ2) is 8.23. The summed E-state index contributed by atoms with van der Waals surface area (Å²) in [6.07, 6.45) is 0.573. The maximum atomic E-state index is 11.6. The number of benzene rings is 1. The third-order valence-corrected chi connectivity index (χ3v) is 2.72. The first-order valence-electron chi connectivity index (χ1n) is 6.35. The smallest absolute Gasteiger partial charge is 0.274 e. The van der Waals surface area contributed by atoms with Gasteiger partial charge in [-0.15, -0.1) is 0 Å². The van der Waals surface area contributed by atoms with E-state index in [1.165, 1.54) is 6.07 Å². The summed E-state index contributed by atoms with van der Waals surface area (Å²) in [5.41, 5.74) is 1.09. The summed E-state index contributed by atoms with van der Waals surface area (Å²) in [5, 5.41) is 16.4. The van der Waals surface area contributed by atoms with Gasteiger partial charge in [0.25, 0.3) is 5.69 Å². The third kappa shape index (κ3) is 4.94. The predicted octanol–water partition coefficient (Wildman–Crippen LogP) is 1.33. The Morgan fingerprint density at radius 2 is 2.20 bits per heavy atom. The van der Waals surface area contributed by atoms with Crippen LogP contribution in [0.15, 0.2) is 18.2 Å². The summed E-state index contributed by atoms with van der Waals surface area (Å²) in [5.74, 6) is -0.250. The van der Waals surface area contributed by atoms with Crippen LogP contribution in [0, 0.1) is 10.1 Å². The molecule has 0 bridgehead atoms. The molecule has 0 saturated heterocycles. The minimum Gasteiger partial charge on any atom is -0.383 e. The van der Waals surface area contributed by atoms with Gasteiger partial charge in [-0.1, -0.05) is 13.0 Å². The van der Waals surface area contributed by atoms with Crippen molar-refractivity contribution in [1.82, 2.24) is 5.32 Å². The maximum Gasteiger partial charge on any atom is 0.274 e. The van der Waals surface area contributed by atoms with Gasteiger partial charge in [0.1, 0.15) is 0 Å². The number of aryl methyl sites for hydroxylation is 1. The molecule has 1 aromatic rings. The minimum atomic E-state index is -0.439. The normalized spacial score (nSPS) is 10.3. The van der Waals surface area contributed by atoms with E-state index in [0.29, 0.717) is 30.8 Å². The Kier molecular flexibility index (Phi) is 6.61. The van der Waals surface area contributed by atoms with Crippen LogP contribution in [-0.4, -0.2) is 37.6 Å². The molecule has 0 heterocycles. The quantitative estimate of drug-likeness (QED) is 0.426. The van der Waals surface area contributed by atoms with Crippen molar-refractivity contribution >= 4 is 17.3 Å². The van der Waals surface area contributed by atoms with Crippen molar-refractivity contribution in [2.75, 3.05) is 32.1 Å². The molecular weight excluding hydrogens is 262 g/mol. The molecule has 1 amide bonds. The van der Waals surface area contributed by atoms with Gasteiger partial charge >= 0.3 is 0 Å². The monoisotopic (exact) mass is 281 g/mol. The molecule has 0 aliphatic rings. The Morgan fingerprint density at radius 1 is 1.45 bits per heavy atom. The first-order chi connectivity index (χ1) is 9.58. The molecule has 110 valence electrons. The fraction of sp³-hybridized carbons (Fsp3) is 0.462. The van der Waals surface area contributed by atoms with Crippen molar-refractivity contribution in [2.24, 2.45) is 0 Å². The molecule has 0 spiro atoms. The molecular formula is C13H19N3O4. The van der Waals surface area contributed by atoms with Crippen LogP contribution in [0.4, 0.5) is 11.4 Å². The number of carbonyl (C=O) groups excluding carboxylic acids is 1. The zero-order valence-corrected chi connectivity index (χ0v) is 11.6. The van der Waals surface area contributed by atoms with Gasteiger partial charge < -0.3 is 15.4 Å². The van der Waals surface area contributed by atoms with E-state index in [4.69, 9.17) is 4.74 Å². The summed E-state index contributed by atoms with van der Waals surface area (Å²) in [4.78, 5) is 22.1. The zero-order chi connectivity index (χ0) is 15.0. The Labute approximate surface area is 117 Å². The average molecular weight is 281 g/mol. The van der Waals surface area contributed by atoms with Gasteiger partial charge in [0.2, 0.25) is 5.91 Å². The number of ether oxygens (including phenoxy) is 1. The van der Waals surface area contributed by atoms with E-state index >= 15 is 0 Å². The number of nitrogens with zero attached hydrogens (tertiary/aromatic N) is 1. The lowest BCUT2D eigenvalue weighted by molar-refractivity contribution is -0.385. The first-order valence-corrected chi connectivity index (χ1v) is 6.35. The van der Waals surface area contributed by atoms with Gasteiger partial charge in [-0.05, 0) is 12.5 Å². The van der Waals surface area contributed by atoms with E-state index in [1.54, 1.807) is 19.2 Å². The first kappa shape index (κ1) is 16.1. The van der Waals surface area contributed by atoms with Crippen molar-refractivity contribution in [3.8, 4) is 0 Å². The maximum absolute atomic E-state index is 11.6. The van der Waals surface area contributed by atoms with E-state index < -0.39 is 4.92 Å². The van der Waals surface area contributed by atoms with E-state index in [-0.39, 0.29) is 18.1 Å². The van der Waals surface area contributed by atoms with Crippen molar-refractivity contribution in [3.05, 3.63) is 33.9 Å². The van der Waals surface area contributed by atoms with Gasteiger partial charge in [0, 0.05) is 31.0 Å². The lowest BCUT2D eigenvalue weighted by atomic mass is 10.1. The van der Waals surface area contributed by atoms with Crippen LogP contribution in [0.1, 0.15) is 12.5 Å². The lowest BCUT2D eigenvalue weighted by Gasteiger charge is -2.07. The van der Waals surface area contributed by atoms with E-state index in [0.717, 1.165) is 0 Å². The van der Waals surface area contributed by atoms with Gasteiger partial charge in [-0.3, -0.25) is 14.9 Å². The largest absolute Gasteiger partial charge is 0.383 e. The van der Waals surface area contributed by atoms with Gasteiger partial charge in [0.05, 0.1) is 18.1 Å². The number of nitro benzene ring substituents is 1. The molecule has 7 nitrogen and oxygen atoms in total. The molecule has 0 atom stereocenters. The van der Waals surface area contributed by atoms with Crippen LogP contribution in [0.2, 0.25) is 0 Å². The minimum absolute atomic E-state index is 0.0256. The van der Waals surface area contributed by atoms with E-state index in [2.05, 4.69) is 10.6 Å². The Morgan fingerprint density at radius 3 is 2.80 bits per heavy atom. The molecule has 2 N–H and O–H groups in total. The SMILES string of the molecule is CCc1ccc(NC(=O)CNCCOC)cc1[N+](=O)[O-]. The number of rotatable bonds is 8. The Balaban J connectivity index is 2.61. The lowest BCUT2D eigenvalue weighted by Crippen LogP contribution is -2.30. The topological polar surface area (TPSA) is 93.5 Å². The number of nitrogens with one attached hydrogen (secondary N) is 2. The number of carbonyl (C=O) groups is 1. The summed E-state index contributed by atoms with van der Waals surface area (Å²) in [6, 6.07) is 4.71. The van der Waals surface area contributed by atoms with Crippen LogP contribution in [0.3, 0.4) is 0 Å². The summed E-state index contributed by atoms with van der Waals surface area (Å²) in [6.45, 7) is 3.07.